The molecule has 0 radical (unpaired) electrons. The van der Waals surface area contributed by atoms with Gasteiger partial charge >= 0.3 is 0 Å². The normalized spacial score (nSPS) is 10.6. The van der Waals surface area contributed by atoms with Crippen LogP contribution in [0.2, 0.25) is 0 Å². The number of nitrogens with zero attached hydrogens (tertiary/aromatic N) is 1. The van der Waals surface area contributed by atoms with Crippen molar-refractivity contribution in [2.45, 2.75) is 6.92 Å². The summed E-state index contributed by atoms with van der Waals surface area (Å²) in [4.78, 5) is 16.2. The molecule has 5 nitrogen and oxygen atoms in total. The molecule has 1 amide bonds. The van der Waals surface area contributed by atoms with Crippen LogP contribution in [0.15, 0.2) is 29.6 Å². The molecular formula is C15H19N3O2S. The van der Waals surface area contributed by atoms with Crippen LogP contribution in [-0.4, -0.2) is 37.7 Å². The van der Waals surface area contributed by atoms with E-state index in [-0.39, 0.29) is 12.5 Å². The van der Waals surface area contributed by atoms with Gasteiger partial charge in [-0.2, -0.15) is 0 Å². The summed E-state index contributed by atoms with van der Waals surface area (Å²) in [5.74, 6) is -0.100. The van der Waals surface area contributed by atoms with Gasteiger partial charge in [-0.05, 0) is 12.5 Å². The number of methoxy groups -OCH3 is 1. The SMILES string of the molecule is COCCNCC(=O)Nc1nc(-c2ccccc2C)cs1. The topological polar surface area (TPSA) is 63.2 Å². The fourth-order valence-corrected chi connectivity index (χ4v) is 2.58. The number of carbonyl (C=O) groups excluding carboxylic acids is 1. The van der Waals surface area contributed by atoms with Crippen LogP contribution in [0, 0.1) is 6.92 Å². The van der Waals surface area contributed by atoms with Gasteiger partial charge < -0.3 is 15.4 Å². The quantitative estimate of drug-likeness (QED) is 0.771. The zero-order valence-corrected chi connectivity index (χ0v) is 13.0. The van der Waals surface area contributed by atoms with Crippen molar-refractivity contribution in [2.75, 3.05) is 32.1 Å². The minimum absolute atomic E-state index is 0.100. The van der Waals surface area contributed by atoms with Crippen LogP contribution in [0.25, 0.3) is 11.3 Å². The molecule has 112 valence electrons. The van der Waals surface area contributed by atoms with Crippen molar-refractivity contribution < 1.29 is 9.53 Å². The minimum Gasteiger partial charge on any atom is -0.383 e. The number of carbonyl (C=O) groups is 1. The first kappa shape index (κ1) is 15.6. The molecule has 2 rings (SSSR count). The molecule has 2 aromatic rings. The maximum Gasteiger partial charge on any atom is 0.240 e. The van der Waals surface area contributed by atoms with E-state index in [0.717, 1.165) is 11.3 Å². The summed E-state index contributed by atoms with van der Waals surface area (Å²) in [6.07, 6.45) is 0. The third-order valence-electron chi connectivity index (χ3n) is 2.94. The van der Waals surface area contributed by atoms with Crippen LogP contribution in [0.3, 0.4) is 0 Å². The Hall–Kier alpha value is -1.76. The van der Waals surface area contributed by atoms with E-state index in [2.05, 4.69) is 15.6 Å². The molecule has 0 spiro atoms. The molecule has 0 unspecified atom stereocenters. The van der Waals surface area contributed by atoms with Crippen LogP contribution in [-0.2, 0) is 9.53 Å². The highest BCUT2D eigenvalue weighted by Gasteiger charge is 2.09. The Bertz CT molecular complexity index is 598. The van der Waals surface area contributed by atoms with Gasteiger partial charge in [-0.3, -0.25) is 4.79 Å². The van der Waals surface area contributed by atoms with E-state index in [4.69, 9.17) is 4.74 Å². The number of thiazole rings is 1. The number of hydrogen-bond donors (Lipinski definition) is 2. The van der Waals surface area contributed by atoms with Gasteiger partial charge in [0.2, 0.25) is 5.91 Å². The Morgan fingerprint density at radius 3 is 2.95 bits per heavy atom. The van der Waals surface area contributed by atoms with E-state index in [0.29, 0.717) is 18.3 Å². The summed E-state index contributed by atoms with van der Waals surface area (Å²) in [5, 5.41) is 8.36. The fraction of sp³-hybridized carbons (Fsp3) is 0.333. The van der Waals surface area contributed by atoms with Gasteiger partial charge in [0.15, 0.2) is 5.13 Å². The first-order valence-corrected chi connectivity index (χ1v) is 7.59. The molecule has 1 heterocycles. The molecule has 0 aliphatic carbocycles. The fourth-order valence-electron chi connectivity index (χ4n) is 1.85. The number of benzene rings is 1. The van der Waals surface area contributed by atoms with Crippen molar-refractivity contribution in [3.05, 3.63) is 35.2 Å². The number of amides is 1. The van der Waals surface area contributed by atoms with Gasteiger partial charge in [-0.25, -0.2) is 4.98 Å². The first-order chi connectivity index (χ1) is 10.2. The average molecular weight is 305 g/mol. The van der Waals surface area contributed by atoms with Crippen molar-refractivity contribution in [1.29, 1.82) is 0 Å². The molecular weight excluding hydrogens is 286 g/mol. The van der Waals surface area contributed by atoms with Crippen LogP contribution in [0.4, 0.5) is 5.13 Å². The van der Waals surface area contributed by atoms with Crippen molar-refractivity contribution in [3.8, 4) is 11.3 Å². The average Bonchev–Trinajstić information content (AvgIpc) is 2.92. The molecule has 6 heteroatoms. The highest BCUT2D eigenvalue weighted by Crippen LogP contribution is 2.26. The third-order valence-corrected chi connectivity index (χ3v) is 3.70. The van der Waals surface area contributed by atoms with E-state index in [9.17, 15) is 4.79 Å². The molecule has 0 saturated heterocycles. The van der Waals surface area contributed by atoms with E-state index in [1.54, 1.807) is 7.11 Å². The number of aryl methyl sites for hydroxylation is 1. The van der Waals surface area contributed by atoms with E-state index < -0.39 is 0 Å². The highest BCUT2D eigenvalue weighted by atomic mass is 32.1. The second-order valence-corrected chi connectivity index (χ2v) is 5.43. The van der Waals surface area contributed by atoms with E-state index in [1.165, 1.54) is 16.9 Å². The van der Waals surface area contributed by atoms with Crippen molar-refractivity contribution >= 4 is 22.4 Å². The molecule has 2 N–H and O–H groups in total. The predicted molar refractivity (Wildman–Crippen MR) is 85.7 cm³/mol. The van der Waals surface area contributed by atoms with Crippen molar-refractivity contribution in [3.63, 3.8) is 0 Å². The van der Waals surface area contributed by atoms with Gasteiger partial charge in [-0.15, -0.1) is 11.3 Å². The van der Waals surface area contributed by atoms with Gasteiger partial charge in [0.05, 0.1) is 18.8 Å². The molecule has 0 saturated carbocycles. The molecule has 0 atom stereocenters. The van der Waals surface area contributed by atoms with Crippen LogP contribution in [0.1, 0.15) is 5.56 Å². The van der Waals surface area contributed by atoms with Crippen molar-refractivity contribution in [2.24, 2.45) is 0 Å². The van der Waals surface area contributed by atoms with Crippen molar-refractivity contribution in [1.82, 2.24) is 10.3 Å². The third kappa shape index (κ3) is 4.63. The Labute approximate surface area is 128 Å². The lowest BCUT2D eigenvalue weighted by Gasteiger charge is -2.04. The molecule has 0 aliphatic rings. The molecule has 1 aromatic heterocycles. The Morgan fingerprint density at radius 2 is 2.19 bits per heavy atom. The smallest absolute Gasteiger partial charge is 0.240 e. The second kappa shape index (κ2) is 7.87. The number of nitrogens with one attached hydrogen (secondary N) is 2. The summed E-state index contributed by atoms with van der Waals surface area (Å²) in [6, 6.07) is 8.06. The van der Waals surface area contributed by atoms with Gasteiger partial charge in [0.25, 0.3) is 0 Å². The van der Waals surface area contributed by atoms with Crippen LogP contribution >= 0.6 is 11.3 Å². The lowest BCUT2D eigenvalue weighted by Crippen LogP contribution is -2.30. The number of ether oxygens (including phenoxy) is 1. The Kier molecular flexibility index (Phi) is 5.86. The molecule has 0 bridgehead atoms. The molecule has 0 aliphatic heterocycles. The number of aromatic nitrogens is 1. The molecule has 21 heavy (non-hydrogen) atoms. The second-order valence-electron chi connectivity index (χ2n) is 4.57. The summed E-state index contributed by atoms with van der Waals surface area (Å²) >= 11 is 1.43. The van der Waals surface area contributed by atoms with Gasteiger partial charge in [0.1, 0.15) is 0 Å². The predicted octanol–water partition coefficient (Wildman–Crippen LogP) is 2.29. The molecule has 0 fully saturated rings. The summed E-state index contributed by atoms with van der Waals surface area (Å²) in [6.45, 7) is 3.54. The van der Waals surface area contributed by atoms with E-state index in [1.807, 2.05) is 36.6 Å². The van der Waals surface area contributed by atoms with Crippen LogP contribution < -0.4 is 10.6 Å². The van der Waals surface area contributed by atoms with Gasteiger partial charge in [0, 0.05) is 24.6 Å². The lowest BCUT2D eigenvalue weighted by molar-refractivity contribution is -0.115. The number of hydrogen-bond acceptors (Lipinski definition) is 5. The minimum atomic E-state index is -0.100. The number of rotatable bonds is 7. The zero-order chi connectivity index (χ0) is 15.1. The highest BCUT2D eigenvalue weighted by molar-refractivity contribution is 7.14. The zero-order valence-electron chi connectivity index (χ0n) is 12.2. The monoisotopic (exact) mass is 305 g/mol. The maximum absolute atomic E-state index is 11.7. The van der Waals surface area contributed by atoms with Gasteiger partial charge in [-0.1, -0.05) is 24.3 Å². The summed E-state index contributed by atoms with van der Waals surface area (Å²) in [5.41, 5.74) is 3.15. The summed E-state index contributed by atoms with van der Waals surface area (Å²) < 4.78 is 4.90. The maximum atomic E-state index is 11.7. The largest absolute Gasteiger partial charge is 0.383 e. The molecule has 1 aromatic carbocycles. The van der Waals surface area contributed by atoms with Crippen LogP contribution in [0.5, 0.6) is 0 Å². The Morgan fingerprint density at radius 1 is 1.38 bits per heavy atom. The number of anilines is 1. The Balaban J connectivity index is 1.91. The first-order valence-electron chi connectivity index (χ1n) is 6.71. The standard InChI is InChI=1S/C15H19N3O2S/c1-11-5-3-4-6-12(11)13-10-21-15(17-13)18-14(19)9-16-7-8-20-2/h3-6,10,16H,7-9H2,1-2H3,(H,17,18,19). The lowest BCUT2D eigenvalue weighted by atomic mass is 10.1. The van der Waals surface area contributed by atoms with E-state index >= 15 is 0 Å². The summed E-state index contributed by atoms with van der Waals surface area (Å²) in [7, 11) is 1.63.